The van der Waals surface area contributed by atoms with Gasteiger partial charge in [-0.25, -0.2) is 14.1 Å². The van der Waals surface area contributed by atoms with Gasteiger partial charge >= 0.3 is 0 Å². The van der Waals surface area contributed by atoms with E-state index in [4.69, 9.17) is 21.1 Å². The second kappa shape index (κ2) is 5.69. The molecule has 0 radical (unpaired) electrons. The molecule has 1 aliphatic heterocycles. The highest BCUT2D eigenvalue weighted by atomic mass is 35.5. The van der Waals surface area contributed by atoms with Gasteiger partial charge in [-0.1, -0.05) is 0 Å². The Kier molecular flexibility index (Phi) is 3.91. The Morgan fingerprint density at radius 3 is 2.71 bits per heavy atom. The first-order chi connectivity index (χ1) is 10.1. The molecule has 1 aromatic heterocycles. The summed E-state index contributed by atoms with van der Waals surface area (Å²) in [6, 6.07) is 3.05. The Labute approximate surface area is 127 Å². The Balaban J connectivity index is 2.19. The SMILES string of the molecule is COc1cc2c(cc1F)nc(C(C)Cl)n2N1CCOCC1. The number of rotatable bonds is 3. The van der Waals surface area contributed by atoms with Gasteiger partial charge in [0, 0.05) is 12.1 Å². The normalized spacial score (nSPS) is 17.2. The fourth-order valence-corrected chi connectivity index (χ4v) is 2.69. The Morgan fingerprint density at radius 2 is 2.10 bits per heavy atom. The molecular formula is C14H17ClFN3O2. The third-order valence-corrected chi connectivity index (χ3v) is 3.75. The summed E-state index contributed by atoms with van der Waals surface area (Å²) in [6.45, 7) is 4.62. The number of hydrogen-bond acceptors (Lipinski definition) is 4. The summed E-state index contributed by atoms with van der Waals surface area (Å²) in [6.07, 6.45) is 0. The van der Waals surface area contributed by atoms with E-state index in [1.54, 1.807) is 6.07 Å². The smallest absolute Gasteiger partial charge is 0.167 e. The average molecular weight is 314 g/mol. The van der Waals surface area contributed by atoms with Crippen LogP contribution in [0, 0.1) is 5.82 Å². The Morgan fingerprint density at radius 1 is 1.38 bits per heavy atom. The number of alkyl halides is 1. The van der Waals surface area contributed by atoms with Crippen molar-refractivity contribution in [2.24, 2.45) is 0 Å². The summed E-state index contributed by atoms with van der Waals surface area (Å²) in [5, 5.41) is 1.83. The summed E-state index contributed by atoms with van der Waals surface area (Å²) in [4.78, 5) is 4.48. The molecule has 1 aliphatic rings. The van der Waals surface area contributed by atoms with Crippen LogP contribution in [-0.2, 0) is 4.74 Å². The van der Waals surface area contributed by atoms with Crippen LogP contribution < -0.4 is 9.75 Å². The van der Waals surface area contributed by atoms with E-state index in [0.717, 1.165) is 18.6 Å². The minimum Gasteiger partial charge on any atom is -0.494 e. The number of halogens is 2. The van der Waals surface area contributed by atoms with Gasteiger partial charge in [-0.3, -0.25) is 0 Å². The van der Waals surface area contributed by atoms with Gasteiger partial charge in [0.1, 0.15) is 5.82 Å². The van der Waals surface area contributed by atoms with Crippen molar-refractivity contribution in [1.82, 2.24) is 9.66 Å². The lowest BCUT2D eigenvalue weighted by Crippen LogP contribution is -2.44. The lowest BCUT2D eigenvalue weighted by Gasteiger charge is -2.31. The first-order valence-electron chi connectivity index (χ1n) is 6.84. The third kappa shape index (κ3) is 2.53. The van der Waals surface area contributed by atoms with E-state index in [0.29, 0.717) is 24.6 Å². The highest BCUT2D eigenvalue weighted by molar-refractivity contribution is 6.20. The van der Waals surface area contributed by atoms with Crippen LogP contribution in [0.5, 0.6) is 5.75 Å². The van der Waals surface area contributed by atoms with Gasteiger partial charge in [-0.2, -0.15) is 0 Å². The van der Waals surface area contributed by atoms with E-state index in [-0.39, 0.29) is 11.1 Å². The molecule has 0 bridgehead atoms. The van der Waals surface area contributed by atoms with E-state index in [1.807, 2.05) is 11.6 Å². The largest absolute Gasteiger partial charge is 0.494 e. The number of fused-ring (bicyclic) bond motifs is 1. The molecule has 0 amide bonds. The van der Waals surface area contributed by atoms with Crippen LogP contribution >= 0.6 is 11.6 Å². The number of ether oxygens (including phenoxy) is 2. The van der Waals surface area contributed by atoms with Crippen molar-refractivity contribution in [3.05, 3.63) is 23.8 Å². The van der Waals surface area contributed by atoms with Crippen LogP contribution in [0.3, 0.4) is 0 Å². The minimum absolute atomic E-state index is 0.200. The molecule has 0 N–H and O–H groups in total. The van der Waals surface area contributed by atoms with Crippen LogP contribution in [0.25, 0.3) is 11.0 Å². The van der Waals surface area contributed by atoms with Gasteiger partial charge in [0.2, 0.25) is 0 Å². The summed E-state index contributed by atoms with van der Waals surface area (Å²) < 4.78 is 26.3. The molecule has 0 saturated carbocycles. The fourth-order valence-electron chi connectivity index (χ4n) is 2.55. The molecule has 1 atom stereocenters. The Bertz CT molecular complexity index is 653. The van der Waals surface area contributed by atoms with Crippen LogP contribution in [0.15, 0.2) is 12.1 Å². The van der Waals surface area contributed by atoms with E-state index in [1.165, 1.54) is 13.2 Å². The molecular weight excluding hydrogens is 297 g/mol. The number of nitrogens with zero attached hydrogens (tertiary/aromatic N) is 3. The molecule has 21 heavy (non-hydrogen) atoms. The number of aromatic nitrogens is 2. The first kappa shape index (κ1) is 14.4. The van der Waals surface area contributed by atoms with Crippen molar-refractivity contribution < 1.29 is 13.9 Å². The molecule has 1 unspecified atom stereocenters. The number of methoxy groups -OCH3 is 1. The molecule has 1 saturated heterocycles. The monoisotopic (exact) mass is 313 g/mol. The van der Waals surface area contributed by atoms with E-state index >= 15 is 0 Å². The number of morpholine rings is 1. The molecule has 5 nitrogen and oxygen atoms in total. The van der Waals surface area contributed by atoms with Crippen molar-refractivity contribution in [1.29, 1.82) is 0 Å². The van der Waals surface area contributed by atoms with Gasteiger partial charge in [0.25, 0.3) is 0 Å². The quantitative estimate of drug-likeness (QED) is 0.816. The summed E-state index contributed by atoms with van der Waals surface area (Å²) >= 11 is 6.25. The molecule has 0 aliphatic carbocycles. The maximum atomic E-state index is 13.9. The van der Waals surface area contributed by atoms with Crippen LogP contribution in [0.4, 0.5) is 4.39 Å². The predicted molar refractivity (Wildman–Crippen MR) is 79.3 cm³/mol. The van der Waals surface area contributed by atoms with Crippen molar-refractivity contribution in [3.63, 3.8) is 0 Å². The van der Waals surface area contributed by atoms with E-state index < -0.39 is 5.82 Å². The molecule has 1 fully saturated rings. The maximum Gasteiger partial charge on any atom is 0.167 e. The standard InChI is InChI=1S/C14H17ClFN3O2/c1-9(15)14-17-11-7-10(16)13(20-2)8-12(11)19(14)18-3-5-21-6-4-18/h7-9H,3-6H2,1-2H3. The molecule has 114 valence electrons. The zero-order chi connectivity index (χ0) is 15.0. The average Bonchev–Trinajstić information content (AvgIpc) is 2.85. The van der Waals surface area contributed by atoms with Gasteiger partial charge < -0.3 is 14.5 Å². The third-order valence-electron chi connectivity index (χ3n) is 3.56. The fraction of sp³-hybridized carbons (Fsp3) is 0.500. The molecule has 0 spiro atoms. The second-order valence-electron chi connectivity index (χ2n) is 4.94. The van der Waals surface area contributed by atoms with Crippen LogP contribution in [0.1, 0.15) is 18.1 Å². The lowest BCUT2D eigenvalue weighted by molar-refractivity contribution is 0.111. The molecule has 1 aromatic carbocycles. The topological polar surface area (TPSA) is 39.5 Å². The van der Waals surface area contributed by atoms with E-state index in [9.17, 15) is 4.39 Å². The molecule has 3 rings (SSSR count). The van der Waals surface area contributed by atoms with Gasteiger partial charge in [0.05, 0.1) is 49.8 Å². The van der Waals surface area contributed by atoms with Crippen LogP contribution in [0.2, 0.25) is 0 Å². The number of imidazole rings is 1. The minimum atomic E-state index is -0.426. The number of hydrogen-bond donors (Lipinski definition) is 0. The van der Waals surface area contributed by atoms with Crippen molar-refractivity contribution >= 4 is 22.6 Å². The molecule has 2 aromatic rings. The summed E-state index contributed by atoms with van der Waals surface area (Å²) in [5.41, 5.74) is 1.36. The first-order valence-corrected chi connectivity index (χ1v) is 7.28. The van der Waals surface area contributed by atoms with Crippen molar-refractivity contribution in [3.8, 4) is 5.75 Å². The highest BCUT2D eigenvalue weighted by Gasteiger charge is 2.22. The van der Waals surface area contributed by atoms with Crippen molar-refractivity contribution in [2.75, 3.05) is 38.4 Å². The van der Waals surface area contributed by atoms with Gasteiger partial charge in [0.15, 0.2) is 11.6 Å². The molecule has 7 heteroatoms. The van der Waals surface area contributed by atoms with Crippen molar-refractivity contribution in [2.45, 2.75) is 12.3 Å². The Hall–Kier alpha value is -1.53. The summed E-state index contributed by atoms with van der Waals surface area (Å²) in [7, 11) is 1.45. The van der Waals surface area contributed by atoms with Crippen LogP contribution in [-0.4, -0.2) is 43.1 Å². The maximum absolute atomic E-state index is 13.9. The lowest BCUT2D eigenvalue weighted by atomic mass is 10.3. The van der Waals surface area contributed by atoms with Gasteiger partial charge in [-0.05, 0) is 6.92 Å². The second-order valence-corrected chi connectivity index (χ2v) is 5.59. The highest BCUT2D eigenvalue weighted by Crippen LogP contribution is 2.29. The summed E-state index contributed by atoms with van der Waals surface area (Å²) in [5.74, 6) is 0.470. The molecule has 2 heterocycles. The zero-order valence-corrected chi connectivity index (χ0v) is 12.7. The zero-order valence-electron chi connectivity index (χ0n) is 12.0. The predicted octanol–water partition coefficient (Wildman–Crippen LogP) is 2.45. The number of benzene rings is 1. The van der Waals surface area contributed by atoms with Gasteiger partial charge in [-0.15, -0.1) is 11.6 Å². The van der Waals surface area contributed by atoms with E-state index in [2.05, 4.69) is 9.99 Å².